The topological polar surface area (TPSA) is 9.23 Å². The van der Waals surface area contributed by atoms with E-state index in [0.717, 1.165) is 31.2 Å². The van der Waals surface area contributed by atoms with Gasteiger partial charge in [0.05, 0.1) is 0 Å². The summed E-state index contributed by atoms with van der Waals surface area (Å²) in [6.07, 6.45) is 6.32. The molecule has 0 atom stereocenters. The Morgan fingerprint density at radius 2 is 1.67 bits per heavy atom. The molecule has 0 saturated heterocycles. The van der Waals surface area contributed by atoms with Gasteiger partial charge >= 0.3 is 0 Å². The van der Waals surface area contributed by atoms with Crippen molar-refractivity contribution in [3.8, 4) is 11.1 Å². The molecule has 0 aromatic heterocycles. The molecule has 2 aromatic carbocycles. The van der Waals surface area contributed by atoms with Crippen molar-refractivity contribution in [3.05, 3.63) is 95.6 Å². The summed E-state index contributed by atoms with van der Waals surface area (Å²) >= 11 is 0. The molecule has 1 fully saturated rings. The second kappa shape index (κ2) is 9.84. The molecule has 1 nitrogen and oxygen atoms in total. The molecule has 1 aliphatic rings. The van der Waals surface area contributed by atoms with Gasteiger partial charge in [-0.25, -0.2) is 13.2 Å². The first-order valence-corrected chi connectivity index (χ1v) is 10.3. The highest BCUT2D eigenvalue weighted by Crippen LogP contribution is 2.36. The van der Waals surface area contributed by atoms with Gasteiger partial charge in [-0.2, -0.15) is 0 Å². The van der Waals surface area contributed by atoms with Crippen LogP contribution in [0.1, 0.15) is 56.1 Å². The molecular formula is C26H27F3O. The standard InChI is InChI=1S/C26H27F3O/c1-17(2)24(27)15-18(3)30-16-19-9-11-21(12-10-19)23-14-13-22(25(28)26(23)29)20-7-5-4-6-8-20/h9-15,20H,1,3-8,16H2,2H3/b24-15+. The summed E-state index contributed by atoms with van der Waals surface area (Å²) in [6.45, 7) is 8.91. The van der Waals surface area contributed by atoms with E-state index in [1.54, 1.807) is 43.3 Å². The summed E-state index contributed by atoms with van der Waals surface area (Å²) < 4.78 is 48.5. The van der Waals surface area contributed by atoms with Gasteiger partial charge < -0.3 is 4.74 Å². The molecule has 4 heteroatoms. The van der Waals surface area contributed by atoms with Crippen LogP contribution in [0.15, 0.2) is 72.8 Å². The van der Waals surface area contributed by atoms with E-state index >= 15 is 0 Å². The third kappa shape index (κ3) is 5.24. The fourth-order valence-corrected chi connectivity index (χ4v) is 3.78. The van der Waals surface area contributed by atoms with E-state index in [-0.39, 0.29) is 23.8 Å². The molecule has 0 amide bonds. The zero-order valence-corrected chi connectivity index (χ0v) is 17.3. The molecule has 1 saturated carbocycles. The van der Waals surface area contributed by atoms with Gasteiger partial charge in [-0.1, -0.05) is 68.8 Å². The average molecular weight is 412 g/mol. The lowest BCUT2D eigenvalue weighted by Gasteiger charge is -2.23. The van der Waals surface area contributed by atoms with Crippen molar-refractivity contribution < 1.29 is 17.9 Å². The molecule has 30 heavy (non-hydrogen) atoms. The summed E-state index contributed by atoms with van der Waals surface area (Å²) in [5, 5.41) is 0. The predicted molar refractivity (Wildman–Crippen MR) is 116 cm³/mol. The van der Waals surface area contributed by atoms with Gasteiger partial charge in [0.15, 0.2) is 11.6 Å². The summed E-state index contributed by atoms with van der Waals surface area (Å²) in [5.41, 5.74) is 2.44. The van der Waals surface area contributed by atoms with E-state index in [0.29, 0.717) is 16.7 Å². The molecule has 3 rings (SSSR count). The Labute approximate surface area is 176 Å². The van der Waals surface area contributed by atoms with E-state index in [2.05, 4.69) is 13.2 Å². The summed E-state index contributed by atoms with van der Waals surface area (Å²) in [5.74, 6) is -1.71. The third-order valence-corrected chi connectivity index (χ3v) is 5.54. The second-order valence-electron chi connectivity index (χ2n) is 7.89. The highest BCUT2D eigenvalue weighted by Gasteiger charge is 2.22. The number of rotatable bonds is 7. The van der Waals surface area contributed by atoms with Crippen molar-refractivity contribution in [3.63, 3.8) is 0 Å². The molecule has 158 valence electrons. The normalized spacial score (nSPS) is 15.1. The number of hydrogen-bond acceptors (Lipinski definition) is 1. The van der Waals surface area contributed by atoms with Gasteiger partial charge in [0, 0.05) is 11.6 Å². The van der Waals surface area contributed by atoms with Gasteiger partial charge in [-0.05, 0) is 47.9 Å². The highest BCUT2D eigenvalue weighted by atomic mass is 19.2. The smallest absolute Gasteiger partial charge is 0.166 e. The summed E-state index contributed by atoms with van der Waals surface area (Å²) in [7, 11) is 0. The van der Waals surface area contributed by atoms with Gasteiger partial charge in [0.1, 0.15) is 18.2 Å². The molecule has 1 aliphatic carbocycles. The van der Waals surface area contributed by atoms with Crippen LogP contribution in [0.25, 0.3) is 11.1 Å². The van der Waals surface area contributed by atoms with Crippen molar-refractivity contribution in [2.75, 3.05) is 0 Å². The van der Waals surface area contributed by atoms with Crippen LogP contribution in [0, 0.1) is 11.6 Å². The number of benzene rings is 2. The quantitative estimate of drug-likeness (QED) is 0.329. The minimum Gasteiger partial charge on any atom is -0.489 e. The summed E-state index contributed by atoms with van der Waals surface area (Å²) in [6, 6.07) is 10.4. The van der Waals surface area contributed by atoms with E-state index in [1.807, 2.05) is 0 Å². The molecule has 0 spiro atoms. The highest BCUT2D eigenvalue weighted by molar-refractivity contribution is 5.65. The van der Waals surface area contributed by atoms with Crippen LogP contribution in [-0.2, 0) is 11.3 Å². The third-order valence-electron chi connectivity index (χ3n) is 5.54. The molecule has 0 heterocycles. The number of halogens is 3. The number of ether oxygens (including phenoxy) is 1. The molecular weight excluding hydrogens is 385 g/mol. The molecule has 2 aromatic rings. The fourth-order valence-electron chi connectivity index (χ4n) is 3.78. The molecule has 0 radical (unpaired) electrons. The lowest BCUT2D eigenvalue weighted by Crippen LogP contribution is -2.08. The largest absolute Gasteiger partial charge is 0.489 e. The zero-order valence-electron chi connectivity index (χ0n) is 17.3. The Bertz CT molecular complexity index is 951. The van der Waals surface area contributed by atoms with Crippen LogP contribution in [0.3, 0.4) is 0 Å². The van der Waals surface area contributed by atoms with E-state index in [4.69, 9.17) is 4.74 Å². The van der Waals surface area contributed by atoms with Crippen LogP contribution >= 0.6 is 0 Å². The lowest BCUT2D eigenvalue weighted by atomic mass is 9.83. The molecule has 0 bridgehead atoms. The first-order chi connectivity index (χ1) is 14.4. The maximum absolute atomic E-state index is 14.8. The Balaban J connectivity index is 1.70. The fraction of sp³-hybridized carbons (Fsp3) is 0.308. The number of hydrogen-bond donors (Lipinski definition) is 0. The Hall–Kier alpha value is -2.75. The first kappa shape index (κ1) is 21.9. The first-order valence-electron chi connectivity index (χ1n) is 10.3. The van der Waals surface area contributed by atoms with Crippen molar-refractivity contribution >= 4 is 0 Å². The van der Waals surface area contributed by atoms with Crippen LogP contribution in [0.5, 0.6) is 0 Å². The SMILES string of the molecule is C=C(/C=C(/F)C(=C)C)OCc1ccc(-c2ccc(C3CCCCC3)c(F)c2F)cc1. The average Bonchev–Trinajstić information content (AvgIpc) is 2.75. The predicted octanol–water partition coefficient (Wildman–Crippen LogP) is 8.14. The van der Waals surface area contributed by atoms with Crippen LogP contribution in [-0.4, -0.2) is 0 Å². The van der Waals surface area contributed by atoms with Gasteiger partial charge in [-0.15, -0.1) is 0 Å². The maximum atomic E-state index is 14.8. The van der Waals surface area contributed by atoms with Crippen molar-refractivity contribution in [1.82, 2.24) is 0 Å². The van der Waals surface area contributed by atoms with Crippen molar-refractivity contribution in [2.24, 2.45) is 0 Å². The lowest BCUT2D eigenvalue weighted by molar-refractivity contribution is 0.211. The minimum atomic E-state index is -0.796. The van der Waals surface area contributed by atoms with Crippen molar-refractivity contribution in [1.29, 1.82) is 0 Å². The second-order valence-corrected chi connectivity index (χ2v) is 7.89. The van der Waals surface area contributed by atoms with Crippen LogP contribution in [0.2, 0.25) is 0 Å². The van der Waals surface area contributed by atoms with E-state index in [9.17, 15) is 13.2 Å². The molecule has 0 unspecified atom stereocenters. The maximum Gasteiger partial charge on any atom is 0.166 e. The van der Waals surface area contributed by atoms with E-state index < -0.39 is 17.5 Å². The van der Waals surface area contributed by atoms with E-state index in [1.165, 1.54) is 12.5 Å². The molecule has 0 aliphatic heterocycles. The van der Waals surface area contributed by atoms with Crippen molar-refractivity contribution in [2.45, 2.75) is 51.6 Å². The van der Waals surface area contributed by atoms with Crippen LogP contribution in [0.4, 0.5) is 13.2 Å². The van der Waals surface area contributed by atoms with Gasteiger partial charge in [0.25, 0.3) is 0 Å². The Kier molecular flexibility index (Phi) is 7.20. The molecule has 0 N–H and O–H groups in total. The number of allylic oxidation sites excluding steroid dienone is 3. The van der Waals surface area contributed by atoms with Gasteiger partial charge in [-0.3, -0.25) is 0 Å². The Morgan fingerprint density at radius 3 is 2.30 bits per heavy atom. The monoisotopic (exact) mass is 412 g/mol. The minimum absolute atomic E-state index is 0.110. The Morgan fingerprint density at radius 1 is 1.00 bits per heavy atom. The van der Waals surface area contributed by atoms with Crippen LogP contribution < -0.4 is 0 Å². The zero-order chi connectivity index (χ0) is 21.7. The van der Waals surface area contributed by atoms with Gasteiger partial charge in [0.2, 0.25) is 0 Å². The summed E-state index contributed by atoms with van der Waals surface area (Å²) in [4.78, 5) is 0.